The van der Waals surface area contributed by atoms with E-state index in [9.17, 15) is 0 Å². The lowest BCUT2D eigenvalue weighted by Gasteiger charge is -2.35. The summed E-state index contributed by atoms with van der Waals surface area (Å²) < 4.78 is 5.81. The summed E-state index contributed by atoms with van der Waals surface area (Å²) >= 11 is 0. The van der Waals surface area contributed by atoms with Crippen molar-refractivity contribution in [2.24, 2.45) is 17.1 Å². The molecule has 0 heterocycles. The molecule has 0 aromatic carbocycles. The van der Waals surface area contributed by atoms with Crippen LogP contribution in [0.25, 0.3) is 0 Å². The minimum Gasteiger partial charge on any atom is -0.381 e. The van der Waals surface area contributed by atoms with E-state index >= 15 is 0 Å². The summed E-state index contributed by atoms with van der Waals surface area (Å²) in [5.41, 5.74) is 6.23. The highest BCUT2D eigenvalue weighted by Gasteiger charge is 2.31. The van der Waals surface area contributed by atoms with Gasteiger partial charge >= 0.3 is 0 Å². The average Bonchev–Trinajstić information content (AvgIpc) is 3.03. The van der Waals surface area contributed by atoms with Crippen molar-refractivity contribution in [3.8, 4) is 0 Å². The van der Waals surface area contributed by atoms with Gasteiger partial charge in [0, 0.05) is 18.6 Å². The smallest absolute Gasteiger partial charge is 0.0534 e. The van der Waals surface area contributed by atoms with E-state index in [2.05, 4.69) is 0 Å². The third-order valence-electron chi connectivity index (χ3n) is 3.81. The SMILES string of the molecule is NCC1(COCC2CC2)CCCCC1. The molecule has 0 atom stereocenters. The molecule has 0 aromatic heterocycles. The fraction of sp³-hybridized carbons (Fsp3) is 1.00. The Balaban J connectivity index is 1.71. The van der Waals surface area contributed by atoms with E-state index in [1.54, 1.807) is 0 Å². The number of rotatable bonds is 5. The predicted molar refractivity (Wildman–Crippen MR) is 58.1 cm³/mol. The molecule has 2 aliphatic carbocycles. The molecule has 0 bridgehead atoms. The fourth-order valence-electron chi connectivity index (χ4n) is 2.44. The van der Waals surface area contributed by atoms with Crippen molar-refractivity contribution in [1.29, 1.82) is 0 Å². The van der Waals surface area contributed by atoms with Crippen LogP contribution in [0.2, 0.25) is 0 Å². The zero-order valence-corrected chi connectivity index (χ0v) is 9.13. The van der Waals surface area contributed by atoms with Crippen LogP contribution in [0.4, 0.5) is 0 Å². The van der Waals surface area contributed by atoms with Gasteiger partial charge in [-0.05, 0) is 31.6 Å². The van der Waals surface area contributed by atoms with Crippen molar-refractivity contribution in [3.05, 3.63) is 0 Å². The monoisotopic (exact) mass is 197 g/mol. The second-order valence-corrected chi connectivity index (χ2v) is 5.22. The number of hydrogen-bond acceptors (Lipinski definition) is 2. The van der Waals surface area contributed by atoms with E-state index in [0.717, 1.165) is 25.7 Å². The first-order chi connectivity index (χ1) is 6.85. The second kappa shape index (κ2) is 4.63. The normalized spacial score (nSPS) is 26.4. The lowest BCUT2D eigenvalue weighted by Crippen LogP contribution is -2.37. The molecular formula is C12H23NO. The maximum atomic E-state index is 5.89. The van der Waals surface area contributed by atoms with Crippen LogP contribution >= 0.6 is 0 Å². The van der Waals surface area contributed by atoms with Crippen molar-refractivity contribution >= 4 is 0 Å². The molecular weight excluding hydrogens is 174 g/mol. The van der Waals surface area contributed by atoms with Crippen molar-refractivity contribution in [2.75, 3.05) is 19.8 Å². The molecule has 2 fully saturated rings. The van der Waals surface area contributed by atoms with E-state index in [1.807, 2.05) is 0 Å². The molecule has 0 aromatic rings. The van der Waals surface area contributed by atoms with Crippen molar-refractivity contribution < 1.29 is 4.74 Å². The molecule has 0 unspecified atom stereocenters. The topological polar surface area (TPSA) is 35.2 Å². The highest BCUT2D eigenvalue weighted by molar-refractivity contribution is 4.84. The van der Waals surface area contributed by atoms with Crippen LogP contribution in [0.15, 0.2) is 0 Å². The first-order valence-corrected chi connectivity index (χ1v) is 6.12. The summed E-state index contributed by atoms with van der Waals surface area (Å²) in [5, 5.41) is 0. The Morgan fingerprint density at radius 3 is 2.43 bits per heavy atom. The van der Waals surface area contributed by atoms with Gasteiger partial charge in [-0.3, -0.25) is 0 Å². The third kappa shape index (κ3) is 2.71. The number of ether oxygens (including phenoxy) is 1. The number of nitrogens with two attached hydrogens (primary N) is 1. The van der Waals surface area contributed by atoms with Crippen LogP contribution in [0, 0.1) is 11.3 Å². The molecule has 2 rings (SSSR count). The number of hydrogen-bond donors (Lipinski definition) is 1. The van der Waals surface area contributed by atoms with Gasteiger partial charge in [0.2, 0.25) is 0 Å². The maximum absolute atomic E-state index is 5.89. The molecule has 0 radical (unpaired) electrons. The Labute approximate surface area is 87.2 Å². The van der Waals surface area contributed by atoms with E-state index in [4.69, 9.17) is 10.5 Å². The average molecular weight is 197 g/mol. The maximum Gasteiger partial charge on any atom is 0.0534 e. The summed E-state index contributed by atoms with van der Waals surface area (Å²) in [5.74, 6) is 0.883. The summed E-state index contributed by atoms with van der Waals surface area (Å²) in [7, 11) is 0. The van der Waals surface area contributed by atoms with Gasteiger partial charge in [0.15, 0.2) is 0 Å². The van der Waals surface area contributed by atoms with E-state index in [-0.39, 0.29) is 0 Å². The lowest BCUT2D eigenvalue weighted by atomic mass is 9.75. The zero-order chi connectivity index (χ0) is 9.86. The third-order valence-corrected chi connectivity index (χ3v) is 3.81. The predicted octanol–water partition coefficient (Wildman–Crippen LogP) is 2.32. The van der Waals surface area contributed by atoms with Crippen molar-refractivity contribution in [3.63, 3.8) is 0 Å². The van der Waals surface area contributed by atoms with Gasteiger partial charge in [0.05, 0.1) is 6.61 Å². The van der Waals surface area contributed by atoms with E-state index < -0.39 is 0 Å². The van der Waals surface area contributed by atoms with Crippen LogP contribution in [-0.2, 0) is 4.74 Å². The van der Waals surface area contributed by atoms with Crippen LogP contribution in [0.1, 0.15) is 44.9 Å². The van der Waals surface area contributed by atoms with Gasteiger partial charge in [0.25, 0.3) is 0 Å². The van der Waals surface area contributed by atoms with Crippen LogP contribution in [-0.4, -0.2) is 19.8 Å². The molecule has 0 spiro atoms. The first kappa shape index (κ1) is 10.4. The van der Waals surface area contributed by atoms with Crippen molar-refractivity contribution in [2.45, 2.75) is 44.9 Å². The molecule has 2 aliphatic rings. The Hall–Kier alpha value is -0.0800. The largest absolute Gasteiger partial charge is 0.381 e. The Morgan fingerprint density at radius 1 is 1.14 bits per heavy atom. The summed E-state index contributed by atoms with van der Waals surface area (Å²) in [6, 6.07) is 0. The van der Waals surface area contributed by atoms with Gasteiger partial charge in [-0.2, -0.15) is 0 Å². The van der Waals surface area contributed by atoms with Crippen molar-refractivity contribution in [1.82, 2.24) is 0 Å². The quantitative estimate of drug-likeness (QED) is 0.734. The molecule has 0 amide bonds. The molecule has 14 heavy (non-hydrogen) atoms. The van der Waals surface area contributed by atoms with Gasteiger partial charge in [-0.1, -0.05) is 19.3 Å². The van der Waals surface area contributed by atoms with Gasteiger partial charge in [-0.25, -0.2) is 0 Å². The van der Waals surface area contributed by atoms with Crippen LogP contribution in [0.3, 0.4) is 0 Å². The minimum absolute atomic E-state index is 0.340. The molecule has 2 N–H and O–H groups in total. The summed E-state index contributed by atoms with van der Waals surface area (Å²) in [4.78, 5) is 0. The molecule has 2 heteroatoms. The molecule has 2 saturated carbocycles. The van der Waals surface area contributed by atoms with Crippen LogP contribution in [0.5, 0.6) is 0 Å². The van der Waals surface area contributed by atoms with Gasteiger partial charge in [0.1, 0.15) is 0 Å². The fourth-order valence-corrected chi connectivity index (χ4v) is 2.44. The zero-order valence-electron chi connectivity index (χ0n) is 9.13. The Kier molecular flexibility index (Phi) is 3.45. The highest BCUT2D eigenvalue weighted by atomic mass is 16.5. The molecule has 0 aliphatic heterocycles. The molecule has 82 valence electrons. The first-order valence-electron chi connectivity index (χ1n) is 6.12. The molecule has 2 nitrogen and oxygen atoms in total. The summed E-state index contributed by atoms with van der Waals surface area (Å²) in [6.45, 7) is 2.72. The van der Waals surface area contributed by atoms with E-state index in [1.165, 1.54) is 44.9 Å². The molecule has 0 saturated heterocycles. The van der Waals surface area contributed by atoms with Gasteiger partial charge in [-0.15, -0.1) is 0 Å². The lowest BCUT2D eigenvalue weighted by molar-refractivity contribution is 0.0205. The highest BCUT2D eigenvalue weighted by Crippen LogP contribution is 2.36. The standard InChI is InChI=1S/C12H23NO/c13-9-12(6-2-1-3-7-12)10-14-8-11-4-5-11/h11H,1-10,13H2. The Morgan fingerprint density at radius 2 is 1.86 bits per heavy atom. The summed E-state index contributed by atoms with van der Waals surface area (Å²) in [6.07, 6.45) is 9.44. The van der Waals surface area contributed by atoms with E-state index in [0.29, 0.717) is 5.41 Å². The second-order valence-electron chi connectivity index (χ2n) is 5.22. The van der Waals surface area contributed by atoms with Crippen LogP contribution < -0.4 is 5.73 Å². The Bertz CT molecular complexity index is 171. The van der Waals surface area contributed by atoms with Gasteiger partial charge < -0.3 is 10.5 Å². The minimum atomic E-state index is 0.340.